The van der Waals surface area contributed by atoms with E-state index >= 15 is 0 Å². The summed E-state index contributed by atoms with van der Waals surface area (Å²) in [5.74, 6) is -0.862. The van der Waals surface area contributed by atoms with Gasteiger partial charge in [-0.05, 0) is 37.5 Å². The molecule has 1 aromatic heterocycles. The second-order valence-electron chi connectivity index (χ2n) is 9.62. The van der Waals surface area contributed by atoms with Gasteiger partial charge in [-0.15, -0.1) is 0 Å². The highest BCUT2D eigenvalue weighted by molar-refractivity contribution is 5.99. The number of carbonyl (C=O) groups excluding carboxylic acids is 1. The van der Waals surface area contributed by atoms with Gasteiger partial charge in [-0.25, -0.2) is 8.78 Å². The van der Waals surface area contributed by atoms with Crippen molar-refractivity contribution in [1.82, 2.24) is 4.90 Å². The van der Waals surface area contributed by atoms with E-state index in [1.807, 2.05) is 9.80 Å². The Morgan fingerprint density at radius 2 is 1.72 bits per heavy atom. The summed E-state index contributed by atoms with van der Waals surface area (Å²) >= 11 is 0. The van der Waals surface area contributed by atoms with Crippen molar-refractivity contribution in [1.29, 1.82) is 0 Å². The summed E-state index contributed by atoms with van der Waals surface area (Å²) < 4.78 is 40.1. The van der Waals surface area contributed by atoms with Gasteiger partial charge in [0.05, 0.1) is 18.6 Å². The third-order valence-corrected chi connectivity index (χ3v) is 7.33. The highest BCUT2D eigenvalue weighted by Crippen LogP contribution is 2.34. The van der Waals surface area contributed by atoms with Crippen molar-refractivity contribution in [3.63, 3.8) is 0 Å². The number of likely N-dealkylation sites (tertiary alicyclic amines) is 1. The fourth-order valence-electron chi connectivity index (χ4n) is 5.46. The number of amides is 1. The van der Waals surface area contributed by atoms with Crippen LogP contribution < -0.4 is 15.2 Å². The Kier molecular flexibility index (Phi) is 5.87. The molecule has 0 aliphatic carbocycles. The fourth-order valence-corrected chi connectivity index (χ4v) is 5.46. The summed E-state index contributed by atoms with van der Waals surface area (Å²) in [5.41, 5.74) is 2.20. The van der Waals surface area contributed by atoms with Gasteiger partial charge < -0.3 is 23.9 Å². The molecule has 6 rings (SSSR count). The van der Waals surface area contributed by atoms with Crippen LogP contribution in [0, 0.1) is 11.6 Å². The Bertz CT molecular complexity index is 1390. The van der Waals surface area contributed by atoms with Crippen LogP contribution in [0.5, 0.6) is 0 Å². The zero-order valence-electron chi connectivity index (χ0n) is 19.9. The molecule has 0 atom stereocenters. The van der Waals surface area contributed by atoms with Crippen LogP contribution >= 0.6 is 0 Å². The van der Waals surface area contributed by atoms with E-state index in [1.54, 1.807) is 17.0 Å². The number of morpholine rings is 1. The van der Waals surface area contributed by atoms with Crippen LogP contribution in [0.4, 0.5) is 20.4 Å². The molecule has 188 valence electrons. The van der Waals surface area contributed by atoms with Gasteiger partial charge in [-0.2, -0.15) is 0 Å². The van der Waals surface area contributed by atoms with Gasteiger partial charge in [0, 0.05) is 73.8 Å². The number of ether oxygens (including phenoxy) is 1. The first-order valence-corrected chi connectivity index (χ1v) is 12.4. The molecule has 3 aliphatic rings. The first kappa shape index (κ1) is 23.0. The SMILES string of the molecule is O=C(c1cc(CN2CCc3c(F)cc(F)cc32)c2oc(N3CCOCC3)cc(=O)c2c1)N1CCCC1. The van der Waals surface area contributed by atoms with E-state index in [0.717, 1.165) is 18.9 Å². The predicted octanol–water partition coefficient (Wildman–Crippen LogP) is 3.71. The maximum atomic E-state index is 14.4. The lowest BCUT2D eigenvalue weighted by atomic mass is 10.0. The molecule has 3 aromatic rings. The van der Waals surface area contributed by atoms with Gasteiger partial charge in [-0.3, -0.25) is 9.59 Å². The second-order valence-corrected chi connectivity index (χ2v) is 9.62. The van der Waals surface area contributed by atoms with Gasteiger partial charge in [0.15, 0.2) is 11.3 Å². The van der Waals surface area contributed by atoms with Gasteiger partial charge >= 0.3 is 0 Å². The highest BCUT2D eigenvalue weighted by Gasteiger charge is 2.27. The maximum Gasteiger partial charge on any atom is 0.253 e. The highest BCUT2D eigenvalue weighted by atomic mass is 19.1. The maximum absolute atomic E-state index is 14.4. The van der Waals surface area contributed by atoms with Crippen molar-refractivity contribution < 1.29 is 22.7 Å². The molecular weight excluding hydrogens is 468 g/mol. The van der Waals surface area contributed by atoms with E-state index in [1.165, 1.54) is 12.1 Å². The fraction of sp³-hybridized carbons (Fsp3) is 0.407. The number of halogens is 2. The molecular formula is C27H27F2N3O4. The molecule has 0 N–H and O–H groups in total. The van der Waals surface area contributed by atoms with Crippen molar-refractivity contribution >= 4 is 28.4 Å². The van der Waals surface area contributed by atoms with Crippen LogP contribution in [0.25, 0.3) is 11.0 Å². The van der Waals surface area contributed by atoms with E-state index in [-0.39, 0.29) is 17.9 Å². The number of nitrogens with zero attached hydrogens (tertiary/aromatic N) is 3. The van der Waals surface area contributed by atoms with Crippen LogP contribution in [0.2, 0.25) is 0 Å². The average Bonchev–Trinajstić information content (AvgIpc) is 3.55. The number of hydrogen-bond donors (Lipinski definition) is 0. The first-order chi connectivity index (χ1) is 17.5. The van der Waals surface area contributed by atoms with E-state index in [9.17, 15) is 18.4 Å². The van der Waals surface area contributed by atoms with Crippen LogP contribution in [0.3, 0.4) is 0 Å². The predicted molar refractivity (Wildman–Crippen MR) is 132 cm³/mol. The quantitative estimate of drug-likeness (QED) is 0.550. The normalized spacial score (nSPS) is 17.8. The van der Waals surface area contributed by atoms with E-state index in [0.29, 0.717) is 91.6 Å². The summed E-state index contributed by atoms with van der Waals surface area (Å²) in [7, 11) is 0. The Labute approximate surface area is 206 Å². The molecule has 1 amide bonds. The monoisotopic (exact) mass is 495 g/mol. The Morgan fingerprint density at radius 3 is 2.50 bits per heavy atom. The van der Waals surface area contributed by atoms with Gasteiger partial charge in [0.2, 0.25) is 0 Å². The van der Waals surface area contributed by atoms with Gasteiger partial charge in [0.25, 0.3) is 5.91 Å². The molecule has 0 unspecified atom stereocenters. The van der Waals surface area contributed by atoms with Crippen molar-refractivity contribution in [3.8, 4) is 0 Å². The minimum absolute atomic E-state index is 0.119. The molecule has 2 saturated heterocycles. The third-order valence-electron chi connectivity index (χ3n) is 7.33. The van der Waals surface area contributed by atoms with Crippen LogP contribution in [-0.2, 0) is 17.7 Å². The number of rotatable bonds is 4. The molecule has 7 nitrogen and oxygen atoms in total. The summed E-state index contributed by atoms with van der Waals surface area (Å²) in [6, 6.07) is 7.09. The molecule has 0 spiro atoms. The second kappa shape index (κ2) is 9.20. The molecule has 4 heterocycles. The van der Waals surface area contributed by atoms with Gasteiger partial charge in [-0.1, -0.05) is 0 Å². The lowest BCUT2D eigenvalue weighted by Gasteiger charge is -2.27. The average molecular weight is 496 g/mol. The molecule has 36 heavy (non-hydrogen) atoms. The van der Waals surface area contributed by atoms with Crippen LogP contribution in [-0.4, -0.2) is 56.7 Å². The van der Waals surface area contributed by atoms with Crippen molar-refractivity contribution in [2.75, 3.05) is 55.7 Å². The van der Waals surface area contributed by atoms with Crippen molar-refractivity contribution in [2.45, 2.75) is 25.8 Å². The zero-order chi connectivity index (χ0) is 24.8. The zero-order valence-corrected chi connectivity index (χ0v) is 19.9. The lowest BCUT2D eigenvalue weighted by Crippen LogP contribution is -2.36. The minimum Gasteiger partial charge on any atom is -0.440 e. The first-order valence-electron chi connectivity index (χ1n) is 12.4. The number of anilines is 2. The van der Waals surface area contributed by atoms with Crippen LogP contribution in [0.15, 0.2) is 39.5 Å². The van der Waals surface area contributed by atoms with Crippen LogP contribution in [0.1, 0.15) is 34.3 Å². The molecule has 2 aromatic carbocycles. The molecule has 3 aliphatic heterocycles. The summed E-state index contributed by atoms with van der Waals surface area (Å²) in [6.07, 6.45) is 2.37. The van der Waals surface area contributed by atoms with E-state index in [4.69, 9.17) is 9.15 Å². The number of hydrogen-bond acceptors (Lipinski definition) is 6. The Hall–Kier alpha value is -3.46. The Balaban J connectivity index is 1.46. The molecule has 2 fully saturated rings. The largest absolute Gasteiger partial charge is 0.440 e. The molecule has 0 bridgehead atoms. The Morgan fingerprint density at radius 1 is 0.944 bits per heavy atom. The summed E-state index contributed by atoms with van der Waals surface area (Å²) in [4.78, 5) is 32.2. The minimum atomic E-state index is -0.637. The van der Waals surface area contributed by atoms with Gasteiger partial charge in [0.1, 0.15) is 17.2 Å². The number of benzene rings is 2. The standard InChI is InChI=1S/C27H27F2N3O4/c28-19-13-22(29)20-3-6-32(23(20)14-19)16-18-11-17(27(34)31-4-1-2-5-31)12-21-24(33)15-25(36-26(18)21)30-7-9-35-10-8-30/h11-15H,1-10,16H2. The number of fused-ring (bicyclic) bond motifs is 2. The lowest BCUT2D eigenvalue weighted by molar-refractivity contribution is 0.0793. The summed E-state index contributed by atoms with van der Waals surface area (Å²) in [5, 5.41) is 0.330. The summed E-state index contributed by atoms with van der Waals surface area (Å²) in [6.45, 7) is 4.42. The molecule has 9 heteroatoms. The van der Waals surface area contributed by atoms with E-state index in [2.05, 4.69) is 0 Å². The molecule has 0 saturated carbocycles. The topological polar surface area (TPSA) is 66.2 Å². The van der Waals surface area contributed by atoms with E-state index < -0.39 is 11.6 Å². The molecule has 0 radical (unpaired) electrons. The third kappa shape index (κ3) is 4.11. The smallest absolute Gasteiger partial charge is 0.253 e. The van der Waals surface area contributed by atoms with Crippen molar-refractivity contribution in [3.05, 3.63) is 68.9 Å². The number of carbonyl (C=O) groups is 1. The van der Waals surface area contributed by atoms with Crippen molar-refractivity contribution in [2.24, 2.45) is 0 Å².